The van der Waals surface area contributed by atoms with Crippen molar-refractivity contribution in [3.05, 3.63) is 267 Å². The second-order valence-corrected chi connectivity index (χ2v) is 21.2. The molecule has 0 atom stereocenters. The lowest BCUT2D eigenvalue weighted by Gasteiger charge is -2.35. The predicted molar refractivity (Wildman–Crippen MR) is 297 cm³/mol. The first kappa shape index (κ1) is 28.4. The van der Waals surface area contributed by atoms with E-state index in [9.17, 15) is 2.74 Å². The largest absolute Gasteiger partial charge is 0.309 e. The second-order valence-electron chi connectivity index (χ2n) is 17.4. The Labute approximate surface area is 419 Å². The van der Waals surface area contributed by atoms with Crippen molar-refractivity contribution >= 4 is 105 Å². The number of hydrogen-bond acceptors (Lipinski definition) is 0. The van der Waals surface area contributed by atoms with E-state index in [1.54, 1.807) is 10.6 Å². The zero-order valence-corrected chi connectivity index (χ0v) is 37.8. The molecule has 0 saturated carbocycles. The molecule has 2 aromatic heterocycles. The zero-order chi connectivity index (χ0) is 56.8. The van der Waals surface area contributed by atoms with Gasteiger partial charge in [0.1, 0.15) is 0 Å². The summed E-state index contributed by atoms with van der Waals surface area (Å²) in [7, 11) is -3.37. The van der Waals surface area contributed by atoms with E-state index in [4.69, 9.17) is 15.1 Å². The van der Waals surface area contributed by atoms with Gasteiger partial charge in [0, 0.05) is 38.3 Å². The van der Waals surface area contributed by atoms with Gasteiger partial charge in [-0.1, -0.05) is 224 Å². The fraction of sp³-hybridized carbons (Fsp3) is 0. The van der Waals surface area contributed by atoms with Gasteiger partial charge in [-0.2, -0.15) is 0 Å². The van der Waals surface area contributed by atoms with E-state index >= 15 is 0 Å². The van der Waals surface area contributed by atoms with E-state index in [0.717, 1.165) is 80.6 Å². The molecule has 0 amide bonds. The van der Waals surface area contributed by atoms with Crippen molar-refractivity contribution in [2.75, 3.05) is 0 Å². The minimum absolute atomic E-state index is 0.00287. The third-order valence-corrected chi connectivity index (χ3v) is 18.7. The highest BCUT2D eigenvalue weighted by atomic mass is 28.3. The maximum atomic E-state index is 9.34. The standard InChI is InChI=1S/C66H44N2Si/c1-4-19-45(20-5-1)46-21-18-26-52(43-46)69(49-22-6-2-7-23-49,50-24-8-3-9-25-50)51-38-35-47(36-39-51)67-63-42-41-59-55-29-11-10-27-53(55)54-28-12-13-32-58(54)65(59)66(63)60-40-37-48(44-64(60)67)68-61-33-16-14-30-56(61)57-31-15-17-34-62(57)68/h1-44H/i1D,4D,5D,14D,15D,16D,17D,19D,20D,30D,31D,33D,34D. The van der Waals surface area contributed by atoms with Crippen LogP contribution in [0.15, 0.2) is 267 Å². The number of rotatable bonds is 7. The average Bonchev–Trinajstić information content (AvgIpc) is 4.14. The molecule has 0 fully saturated rings. The van der Waals surface area contributed by atoms with Crippen LogP contribution < -0.4 is 20.7 Å². The fourth-order valence-electron chi connectivity index (χ4n) is 11.1. The van der Waals surface area contributed by atoms with Crippen molar-refractivity contribution in [3.63, 3.8) is 0 Å². The third-order valence-electron chi connectivity index (χ3n) is 14.0. The van der Waals surface area contributed by atoms with Crippen molar-refractivity contribution in [1.29, 1.82) is 0 Å². The van der Waals surface area contributed by atoms with Crippen LogP contribution in [-0.4, -0.2) is 17.2 Å². The van der Waals surface area contributed by atoms with Crippen molar-refractivity contribution in [2.45, 2.75) is 0 Å². The minimum atomic E-state index is -3.37. The van der Waals surface area contributed by atoms with Crippen LogP contribution in [0.5, 0.6) is 0 Å². The highest BCUT2D eigenvalue weighted by Crippen LogP contribution is 2.44. The summed E-state index contributed by atoms with van der Waals surface area (Å²) in [6, 6.07) is 58.3. The Morgan fingerprint density at radius 3 is 1.42 bits per heavy atom. The van der Waals surface area contributed by atoms with Gasteiger partial charge in [0.2, 0.25) is 0 Å². The number of fused-ring (bicyclic) bond motifs is 13. The summed E-state index contributed by atoms with van der Waals surface area (Å²) >= 11 is 0. The Kier molecular flexibility index (Phi) is 6.45. The molecular formula is C66H44N2Si. The van der Waals surface area contributed by atoms with Crippen LogP contribution in [0.4, 0.5) is 0 Å². The molecule has 0 aliphatic rings. The van der Waals surface area contributed by atoms with Gasteiger partial charge in [-0.3, -0.25) is 0 Å². The topological polar surface area (TPSA) is 9.86 Å². The molecule has 0 spiro atoms. The van der Waals surface area contributed by atoms with Crippen LogP contribution in [0.25, 0.3) is 98.4 Å². The molecule has 2 heterocycles. The molecule has 0 aliphatic heterocycles. The van der Waals surface area contributed by atoms with E-state index in [0.29, 0.717) is 11.3 Å². The number of benzene rings is 12. The molecule has 0 aliphatic carbocycles. The van der Waals surface area contributed by atoms with Gasteiger partial charge >= 0.3 is 0 Å². The molecule has 2 nitrogen and oxygen atoms in total. The minimum Gasteiger partial charge on any atom is -0.309 e. The molecular weight excluding hydrogens is 849 g/mol. The Morgan fingerprint density at radius 1 is 0.275 bits per heavy atom. The van der Waals surface area contributed by atoms with Crippen LogP contribution in [0, 0.1) is 0 Å². The van der Waals surface area contributed by atoms with E-state index in [1.807, 2.05) is 84.9 Å². The third kappa shape index (κ3) is 5.91. The molecule has 0 bridgehead atoms. The van der Waals surface area contributed by atoms with Crippen molar-refractivity contribution in [1.82, 2.24) is 9.13 Å². The first-order valence-electron chi connectivity index (χ1n) is 29.4. The summed E-state index contributed by atoms with van der Waals surface area (Å²) < 4.78 is 119. The SMILES string of the molecule is [2H]c1c([2H])c([2H])c(-c2cccc([Si](c3ccccc3)(c3ccccc3)c3ccc(-n4c5cc(-n6c7c([2H])c([2H])c([2H])c([2H])c7c7c([2H])c([2H])c([2H])c([2H])c76)ccc5c5c6c7ccccc7c7ccccc7c6ccc54)cc3)c2)c([2H])c1[2H]. The monoisotopic (exact) mass is 905 g/mol. The van der Waals surface area contributed by atoms with Gasteiger partial charge in [0.25, 0.3) is 0 Å². The van der Waals surface area contributed by atoms with E-state index in [2.05, 4.69) is 102 Å². The summed E-state index contributed by atoms with van der Waals surface area (Å²) in [5.41, 5.74) is 3.48. The number of hydrogen-bond donors (Lipinski definition) is 0. The van der Waals surface area contributed by atoms with E-state index in [-0.39, 0.29) is 51.5 Å². The lowest BCUT2D eigenvalue weighted by atomic mass is 9.92. The maximum Gasteiger partial charge on any atom is 0.179 e. The number of nitrogens with zero attached hydrogens (tertiary/aromatic N) is 2. The molecule has 12 aromatic carbocycles. The molecule has 69 heavy (non-hydrogen) atoms. The lowest BCUT2D eigenvalue weighted by Crippen LogP contribution is -2.74. The Morgan fingerprint density at radius 2 is 0.768 bits per heavy atom. The summed E-state index contributed by atoms with van der Waals surface area (Å²) in [6.45, 7) is 0. The Balaban J connectivity index is 1.09. The maximum absolute atomic E-state index is 9.34. The highest BCUT2D eigenvalue weighted by Gasteiger charge is 2.41. The molecule has 3 heteroatoms. The number of aromatic nitrogens is 2. The van der Waals surface area contributed by atoms with Crippen molar-refractivity contribution in [2.24, 2.45) is 0 Å². The number of para-hydroxylation sites is 2. The fourth-order valence-corrected chi connectivity index (χ4v) is 15.9. The predicted octanol–water partition coefficient (Wildman–Crippen LogP) is 14.4. The second kappa shape index (κ2) is 15.7. The Bertz CT molecular complexity index is 4900. The van der Waals surface area contributed by atoms with Gasteiger partial charge < -0.3 is 9.13 Å². The van der Waals surface area contributed by atoms with Gasteiger partial charge in [-0.05, 0) is 101 Å². The van der Waals surface area contributed by atoms with E-state index in [1.165, 1.54) is 0 Å². The molecule has 0 N–H and O–H groups in total. The molecule has 14 rings (SSSR count). The van der Waals surface area contributed by atoms with Gasteiger partial charge in [0.15, 0.2) is 8.07 Å². The zero-order valence-electron chi connectivity index (χ0n) is 49.8. The lowest BCUT2D eigenvalue weighted by molar-refractivity contribution is 1.16. The van der Waals surface area contributed by atoms with Crippen LogP contribution in [-0.2, 0) is 0 Å². The quantitative estimate of drug-likeness (QED) is 0.0857. The van der Waals surface area contributed by atoms with Crippen LogP contribution >= 0.6 is 0 Å². The van der Waals surface area contributed by atoms with Crippen LogP contribution in [0.2, 0.25) is 0 Å². The molecule has 0 radical (unpaired) electrons. The first-order valence-corrected chi connectivity index (χ1v) is 24.9. The first-order chi connectivity index (χ1) is 39.6. The molecule has 0 unspecified atom stereocenters. The summed E-state index contributed by atoms with van der Waals surface area (Å²) in [6.07, 6.45) is 0. The smallest absolute Gasteiger partial charge is 0.179 e. The normalized spacial score (nSPS) is 14.7. The van der Waals surface area contributed by atoms with Crippen molar-refractivity contribution < 1.29 is 17.8 Å². The van der Waals surface area contributed by atoms with Gasteiger partial charge in [-0.15, -0.1) is 0 Å². The molecule has 0 saturated heterocycles. The molecule has 322 valence electrons. The van der Waals surface area contributed by atoms with Crippen LogP contribution in [0.3, 0.4) is 0 Å². The average molecular weight is 906 g/mol. The summed E-state index contributed by atoms with van der Waals surface area (Å²) in [5.74, 6) is 0. The summed E-state index contributed by atoms with van der Waals surface area (Å²) in [4.78, 5) is 0. The van der Waals surface area contributed by atoms with Crippen LogP contribution in [0.1, 0.15) is 17.8 Å². The van der Waals surface area contributed by atoms with Gasteiger partial charge in [0.05, 0.1) is 39.9 Å². The molecule has 14 aromatic rings. The van der Waals surface area contributed by atoms with Gasteiger partial charge in [-0.25, -0.2) is 0 Å². The van der Waals surface area contributed by atoms with Crippen molar-refractivity contribution in [3.8, 4) is 22.5 Å². The Hall–Kier alpha value is -8.76. The summed E-state index contributed by atoms with van der Waals surface area (Å²) in [5, 5.41) is 12.3. The van der Waals surface area contributed by atoms with E-state index < -0.39 is 62.5 Å². The highest BCUT2D eigenvalue weighted by molar-refractivity contribution is 7.20.